The summed E-state index contributed by atoms with van der Waals surface area (Å²) in [7, 11) is 0. The standard InChI is InChI=1S/C10H13N3OS/c1-2-7-5-8-9(15-7)12-6-13(4-3-11)10(8)14/h5-6H,2-4,11H2,1H3. The van der Waals surface area contributed by atoms with Crippen molar-refractivity contribution in [3.05, 3.63) is 27.6 Å². The Hall–Kier alpha value is -1.20. The van der Waals surface area contributed by atoms with Crippen molar-refractivity contribution in [2.75, 3.05) is 6.54 Å². The van der Waals surface area contributed by atoms with Gasteiger partial charge in [0.2, 0.25) is 0 Å². The predicted octanol–water partition coefficient (Wildman–Crippen LogP) is 0.979. The lowest BCUT2D eigenvalue weighted by Crippen LogP contribution is -2.23. The fraction of sp³-hybridized carbons (Fsp3) is 0.400. The van der Waals surface area contributed by atoms with Crippen LogP contribution in [0.2, 0.25) is 0 Å². The number of hydrogen-bond acceptors (Lipinski definition) is 4. The molecule has 2 N–H and O–H groups in total. The second-order valence-corrected chi connectivity index (χ2v) is 4.43. The minimum absolute atomic E-state index is 0.0152. The largest absolute Gasteiger partial charge is 0.329 e. The van der Waals surface area contributed by atoms with Crippen LogP contribution in [0.1, 0.15) is 11.8 Å². The van der Waals surface area contributed by atoms with E-state index in [4.69, 9.17) is 5.73 Å². The van der Waals surface area contributed by atoms with Crippen molar-refractivity contribution in [3.63, 3.8) is 0 Å². The first-order valence-electron chi connectivity index (χ1n) is 4.94. The third kappa shape index (κ3) is 1.80. The first-order valence-corrected chi connectivity index (χ1v) is 5.75. The van der Waals surface area contributed by atoms with Gasteiger partial charge in [-0.3, -0.25) is 9.36 Å². The Bertz CT molecular complexity index is 529. The summed E-state index contributed by atoms with van der Waals surface area (Å²) >= 11 is 1.58. The summed E-state index contributed by atoms with van der Waals surface area (Å²) in [5, 5.41) is 0.716. The molecule has 2 aromatic rings. The van der Waals surface area contributed by atoms with Crippen molar-refractivity contribution in [2.45, 2.75) is 19.9 Å². The summed E-state index contributed by atoms with van der Waals surface area (Å²) in [6.07, 6.45) is 2.52. The van der Waals surface area contributed by atoms with Gasteiger partial charge in [-0.1, -0.05) is 6.92 Å². The fourth-order valence-electron chi connectivity index (χ4n) is 1.48. The molecule has 0 atom stereocenters. The molecular formula is C10H13N3OS. The highest BCUT2D eigenvalue weighted by atomic mass is 32.1. The van der Waals surface area contributed by atoms with Crippen LogP contribution in [0.5, 0.6) is 0 Å². The summed E-state index contributed by atoms with van der Waals surface area (Å²) in [5.74, 6) is 0. The van der Waals surface area contributed by atoms with Crippen molar-refractivity contribution >= 4 is 21.6 Å². The van der Waals surface area contributed by atoms with Crippen molar-refractivity contribution in [1.29, 1.82) is 0 Å². The van der Waals surface area contributed by atoms with Gasteiger partial charge in [0.15, 0.2) is 0 Å². The van der Waals surface area contributed by atoms with E-state index in [2.05, 4.69) is 11.9 Å². The van der Waals surface area contributed by atoms with Crippen LogP contribution in [0.3, 0.4) is 0 Å². The van der Waals surface area contributed by atoms with Crippen LogP contribution in [0.15, 0.2) is 17.2 Å². The highest BCUT2D eigenvalue weighted by molar-refractivity contribution is 7.18. The minimum atomic E-state index is 0.0152. The molecule has 0 fully saturated rings. The van der Waals surface area contributed by atoms with Gasteiger partial charge in [-0.2, -0.15) is 0 Å². The number of nitrogens with two attached hydrogens (primary N) is 1. The Morgan fingerprint density at radius 2 is 2.40 bits per heavy atom. The molecule has 0 amide bonds. The molecule has 4 nitrogen and oxygen atoms in total. The zero-order valence-electron chi connectivity index (χ0n) is 8.56. The molecule has 2 heterocycles. The number of nitrogens with zero attached hydrogens (tertiary/aromatic N) is 2. The number of aromatic nitrogens is 2. The Morgan fingerprint density at radius 1 is 1.60 bits per heavy atom. The van der Waals surface area contributed by atoms with Gasteiger partial charge in [0.05, 0.1) is 11.7 Å². The molecule has 0 radical (unpaired) electrons. The van der Waals surface area contributed by atoms with Crippen LogP contribution in [-0.4, -0.2) is 16.1 Å². The smallest absolute Gasteiger partial charge is 0.262 e. The van der Waals surface area contributed by atoms with Crippen LogP contribution < -0.4 is 11.3 Å². The molecule has 2 rings (SSSR count). The highest BCUT2D eigenvalue weighted by Gasteiger charge is 2.07. The number of rotatable bonds is 3. The second kappa shape index (κ2) is 4.12. The van der Waals surface area contributed by atoms with Crippen molar-refractivity contribution in [2.24, 2.45) is 5.73 Å². The predicted molar refractivity (Wildman–Crippen MR) is 62.3 cm³/mol. The molecule has 0 bridgehead atoms. The number of thiophene rings is 1. The molecule has 0 aliphatic carbocycles. The SMILES string of the molecule is CCc1cc2c(=O)n(CCN)cnc2s1. The molecule has 15 heavy (non-hydrogen) atoms. The van der Waals surface area contributed by atoms with Crippen LogP contribution in [0.4, 0.5) is 0 Å². The Kier molecular flexibility index (Phi) is 2.83. The number of fused-ring (bicyclic) bond motifs is 1. The zero-order valence-corrected chi connectivity index (χ0v) is 9.38. The van der Waals surface area contributed by atoms with Crippen LogP contribution >= 0.6 is 11.3 Å². The van der Waals surface area contributed by atoms with Gasteiger partial charge in [0, 0.05) is 18.0 Å². The van der Waals surface area contributed by atoms with Gasteiger partial charge in [-0.25, -0.2) is 4.98 Å². The van der Waals surface area contributed by atoms with E-state index in [0.717, 1.165) is 11.3 Å². The molecule has 0 aromatic carbocycles. The van der Waals surface area contributed by atoms with Crippen LogP contribution in [-0.2, 0) is 13.0 Å². The van der Waals surface area contributed by atoms with Gasteiger partial charge in [-0.15, -0.1) is 11.3 Å². The van der Waals surface area contributed by atoms with Crippen molar-refractivity contribution in [1.82, 2.24) is 9.55 Å². The van der Waals surface area contributed by atoms with Gasteiger partial charge in [0.1, 0.15) is 4.83 Å². The van der Waals surface area contributed by atoms with E-state index in [0.29, 0.717) is 18.5 Å². The van der Waals surface area contributed by atoms with Gasteiger partial charge in [-0.05, 0) is 12.5 Å². The fourth-order valence-corrected chi connectivity index (χ4v) is 2.41. The summed E-state index contributed by atoms with van der Waals surface area (Å²) in [5.41, 5.74) is 5.44. The van der Waals surface area contributed by atoms with E-state index >= 15 is 0 Å². The van der Waals surface area contributed by atoms with E-state index in [-0.39, 0.29) is 5.56 Å². The van der Waals surface area contributed by atoms with Gasteiger partial charge in [0.25, 0.3) is 5.56 Å². The molecule has 0 unspecified atom stereocenters. The maximum atomic E-state index is 11.9. The molecule has 0 saturated heterocycles. The summed E-state index contributed by atoms with van der Waals surface area (Å²) in [4.78, 5) is 18.2. The maximum Gasteiger partial charge on any atom is 0.262 e. The average Bonchev–Trinajstić information content (AvgIpc) is 2.66. The van der Waals surface area contributed by atoms with Crippen LogP contribution in [0.25, 0.3) is 10.2 Å². The molecule has 2 aromatic heterocycles. The zero-order chi connectivity index (χ0) is 10.8. The second-order valence-electron chi connectivity index (χ2n) is 3.32. The molecule has 0 aliphatic heterocycles. The van der Waals surface area contributed by atoms with E-state index in [9.17, 15) is 4.79 Å². The summed E-state index contributed by atoms with van der Waals surface area (Å²) in [6, 6.07) is 1.93. The van der Waals surface area contributed by atoms with Crippen molar-refractivity contribution in [3.8, 4) is 0 Å². The van der Waals surface area contributed by atoms with E-state index in [1.807, 2.05) is 6.07 Å². The lowest BCUT2D eigenvalue weighted by Gasteiger charge is -2.01. The average molecular weight is 223 g/mol. The molecule has 0 saturated carbocycles. The minimum Gasteiger partial charge on any atom is -0.329 e. The first kappa shape index (κ1) is 10.3. The van der Waals surface area contributed by atoms with E-state index < -0.39 is 0 Å². The first-order chi connectivity index (χ1) is 7.26. The summed E-state index contributed by atoms with van der Waals surface area (Å²) < 4.78 is 1.56. The topological polar surface area (TPSA) is 60.9 Å². The Labute approximate surface area is 91.4 Å². The molecule has 5 heteroatoms. The molecular weight excluding hydrogens is 210 g/mol. The van der Waals surface area contributed by atoms with Crippen LogP contribution in [0, 0.1) is 0 Å². The van der Waals surface area contributed by atoms with Crippen molar-refractivity contribution < 1.29 is 0 Å². The summed E-state index contributed by atoms with van der Waals surface area (Å²) in [6.45, 7) is 3.06. The van der Waals surface area contributed by atoms with Gasteiger partial charge < -0.3 is 5.73 Å². The number of aryl methyl sites for hydroxylation is 1. The number of hydrogen-bond donors (Lipinski definition) is 1. The maximum absolute atomic E-state index is 11.9. The lowest BCUT2D eigenvalue weighted by atomic mass is 10.3. The lowest BCUT2D eigenvalue weighted by molar-refractivity contribution is 0.674. The normalized spacial score (nSPS) is 11.1. The van der Waals surface area contributed by atoms with E-state index in [1.165, 1.54) is 4.88 Å². The Morgan fingerprint density at radius 3 is 3.07 bits per heavy atom. The third-order valence-electron chi connectivity index (χ3n) is 2.29. The van der Waals surface area contributed by atoms with Gasteiger partial charge >= 0.3 is 0 Å². The molecule has 0 spiro atoms. The monoisotopic (exact) mass is 223 g/mol. The molecule has 0 aliphatic rings. The highest BCUT2D eigenvalue weighted by Crippen LogP contribution is 2.20. The van der Waals surface area contributed by atoms with E-state index in [1.54, 1.807) is 22.2 Å². The Balaban J connectivity index is 2.62. The molecule has 80 valence electrons. The third-order valence-corrected chi connectivity index (χ3v) is 3.47. The quantitative estimate of drug-likeness (QED) is 0.843.